The van der Waals surface area contributed by atoms with Crippen LogP contribution in [0.4, 0.5) is 4.79 Å². The predicted molar refractivity (Wildman–Crippen MR) is 151 cm³/mol. The summed E-state index contributed by atoms with van der Waals surface area (Å²) >= 11 is 11.8. The van der Waals surface area contributed by atoms with Gasteiger partial charge in [0, 0.05) is 10.0 Å². The summed E-state index contributed by atoms with van der Waals surface area (Å²) in [6.45, 7) is 3.55. The maximum atomic E-state index is 12.3. The van der Waals surface area contributed by atoms with Gasteiger partial charge in [-0.2, -0.15) is 0 Å². The lowest BCUT2D eigenvalue weighted by Crippen LogP contribution is -2.44. The molecule has 1 N–H and O–H groups in total. The highest BCUT2D eigenvalue weighted by molar-refractivity contribution is 6.30. The summed E-state index contributed by atoms with van der Waals surface area (Å²) in [5.74, 6) is 3.64. The zero-order valence-electron chi connectivity index (χ0n) is 21.3. The Labute approximate surface area is 237 Å². The fraction of sp³-hybridized carbons (Fsp3) is 0.167. The minimum Gasteiger partial charge on any atom is -0.488 e. The second kappa shape index (κ2) is 13.6. The molecule has 0 spiro atoms. The van der Waals surface area contributed by atoms with E-state index in [2.05, 4.69) is 5.32 Å². The molecule has 0 fully saturated rings. The Morgan fingerprint density at radius 2 is 1.03 bits per heavy atom. The quantitative estimate of drug-likeness (QED) is 0.183. The van der Waals surface area contributed by atoms with E-state index >= 15 is 0 Å². The van der Waals surface area contributed by atoms with Crippen molar-refractivity contribution in [1.29, 1.82) is 0 Å². The van der Waals surface area contributed by atoms with E-state index in [0.717, 1.165) is 0 Å². The van der Waals surface area contributed by atoms with Crippen LogP contribution in [0.1, 0.15) is 13.8 Å². The fourth-order valence-electron chi connectivity index (χ4n) is 3.29. The van der Waals surface area contributed by atoms with Crippen molar-refractivity contribution in [2.24, 2.45) is 0 Å². The summed E-state index contributed by atoms with van der Waals surface area (Å²) in [4.78, 5) is 12.3. The number of carbonyl (C=O) groups excluding carboxylic acids is 1. The van der Waals surface area contributed by atoms with Gasteiger partial charge in [0.25, 0.3) is 0 Å². The first-order valence-corrected chi connectivity index (χ1v) is 12.9. The molecule has 0 aliphatic carbocycles. The van der Waals surface area contributed by atoms with Crippen molar-refractivity contribution in [2.75, 3.05) is 6.61 Å². The largest absolute Gasteiger partial charge is 0.488 e. The van der Waals surface area contributed by atoms with Crippen molar-refractivity contribution >= 4 is 29.3 Å². The maximum Gasteiger partial charge on any atom is 0.410 e. The zero-order valence-corrected chi connectivity index (χ0v) is 22.8. The van der Waals surface area contributed by atoms with Gasteiger partial charge in [-0.05, 0) is 111 Å². The van der Waals surface area contributed by atoms with Crippen LogP contribution < -0.4 is 24.3 Å². The molecule has 0 aliphatic heterocycles. The van der Waals surface area contributed by atoms with Crippen LogP contribution >= 0.6 is 23.2 Å². The molecule has 4 aromatic rings. The van der Waals surface area contributed by atoms with E-state index in [1.165, 1.54) is 0 Å². The Hall–Kier alpha value is -4.07. The summed E-state index contributed by atoms with van der Waals surface area (Å²) in [7, 11) is 0. The molecule has 9 heteroatoms. The highest BCUT2D eigenvalue weighted by atomic mass is 35.5. The highest BCUT2D eigenvalue weighted by Gasteiger charge is 2.17. The van der Waals surface area contributed by atoms with E-state index in [1.807, 2.05) is 0 Å². The molecule has 0 saturated carbocycles. The van der Waals surface area contributed by atoms with Gasteiger partial charge in [-0.3, -0.25) is 5.32 Å². The predicted octanol–water partition coefficient (Wildman–Crippen LogP) is 8.50. The third kappa shape index (κ3) is 9.32. The molecule has 39 heavy (non-hydrogen) atoms. The van der Waals surface area contributed by atoms with E-state index in [9.17, 15) is 4.79 Å². The number of hydrogen-bond acceptors (Lipinski definition) is 6. The number of rotatable bonds is 11. The van der Waals surface area contributed by atoms with Gasteiger partial charge in [-0.1, -0.05) is 23.2 Å². The molecule has 0 aliphatic rings. The molecule has 1 atom stereocenters. The number of ether oxygens (including phenoxy) is 5. The highest BCUT2D eigenvalue weighted by Crippen LogP contribution is 2.27. The van der Waals surface area contributed by atoms with Crippen LogP contribution in [0.3, 0.4) is 0 Å². The lowest BCUT2D eigenvalue weighted by atomic mass is 10.3. The topological polar surface area (TPSA) is 75.3 Å². The molecule has 4 aromatic carbocycles. The number of benzene rings is 4. The van der Waals surface area contributed by atoms with E-state index in [1.54, 1.807) is 111 Å². The van der Waals surface area contributed by atoms with Crippen molar-refractivity contribution in [1.82, 2.24) is 5.32 Å². The van der Waals surface area contributed by atoms with Crippen LogP contribution in [0.2, 0.25) is 10.0 Å². The van der Waals surface area contributed by atoms with Crippen molar-refractivity contribution < 1.29 is 28.5 Å². The number of halogens is 2. The second-order valence-electron chi connectivity index (χ2n) is 8.57. The monoisotopic (exact) mass is 567 g/mol. The average Bonchev–Trinajstić information content (AvgIpc) is 2.91. The Morgan fingerprint density at radius 3 is 1.46 bits per heavy atom. The van der Waals surface area contributed by atoms with Crippen molar-refractivity contribution in [3.63, 3.8) is 0 Å². The van der Waals surface area contributed by atoms with Gasteiger partial charge in [-0.15, -0.1) is 0 Å². The van der Waals surface area contributed by atoms with Gasteiger partial charge in [0.05, 0.1) is 6.10 Å². The van der Waals surface area contributed by atoms with Crippen LogP contribution in [0, 0.1) is 0 Å². The SMILES string of the molecule is CC(C)OC(=O)NC(COc1ccc(Oc2ccc(Cl)cc2)cc1)Oc1ccc(Oc2ccc(Cl)cc2)cc1. The number of amides is 1. The van der Waals surface area contributed by atoms with Gasteiger partial charge < -0.3 is 23.7 Å². The first-order valence-electron chi connectivity index (χ1n) is 12.2. The Kier molecular flexibility index (Phi) is 9.78. The summed E-state index contributed by atoms with van der Waals surface area (Å²) < 4.78 is 28.7. The Balaban J connectivity index is 1.36. The van der Waals surface area contributed by atoms with Crippen LogP contribution in [0.5, 0.6) is 34.5 Å². The Morgan fingerprint density at radius 1 is 0.641 bits per heavy atom. The zero-order chi connectivity index (χ0) is 27.6. The van der Waals surface area contributed by atoms with E-state index in [4.69, 9.17) is 46.9 Å². The van der Waals surface area contributed by atoms with Crippen molar-refractivity contribution in [2.45, 2.75) is 26.2 Å². The molecule has 0 saturated heterocycles. The molecular formula is C30H27Cl2NO6. The minimum absolute atomic E-state index is 0.0214. The smallest absolute Gasteiger partial charge is 0.410 e. The number of hydrogen-bond donors (Lipinski definition) is 1. The Bertz CT molecular complexity index is 1330. The summed E-state index contributed by atoms with van der Waals surface area (Å²) in [6.07, 6.45) is -1.73. The van der Waals surface area contributed by atoms with Crippen molar-refractivity contribution in [3.05, 3.63) is 107 Å². The summed E-state index contributed by atoms with van der Waals surface area (Å²) in [6, 6.07) is 28.2. The minimum atomic E-state index is -0.829. The van der Waals surface area contributed by atoms with Crippen LogP contribution in [-0.4, -0.2) is 25.0 Å². The van der Waals surface area contributed by atoms with Gasteiger partial charge in [0.2, 0.25) is 6.23 Å². The van der Waals surface area contributed by atoms with Crippen LogP contribution in [-0.2, 0) is 4.74 Å². The molecule has 0 radical (unpaired) electrons. The van der Waals surface area contributed by atoms with Crippen LogP contribution in [0.15, 0.2) is 97.1 Å². The lowest BCUT2D eigenvalue weighted by Gasteiger charge is -2.21. The summed E-state index contributed by atoms with van der Waals surface area (Å²) in [5.41, 5.74) is 0. The maximum absolute atomic E-state index is 12.3. The van der Waals surface area contributed by atoms with Gasteiger partial charge >= 0.3 is 6.09 Å². The van der Waals surface area contributed by atoms with Gasteiger partial charge in [0.15, 0.2) is 0 Å². The normalized spacial score (nSPS) is 11.4. The molecule has 7 nitrogen and oxygen atoms in total. The average molecular weight is 568 g/mol. The standard InChI is InChI=1S/C30H27Cl2NO6/c1-20(2)36-30(34)33-29(39-28-17-15-27(16-18-28)38-25-9-5-22(32)6-10-25)19-35-23-11-13-26(14-12-23)37-24-7-3-21(31)4-8-24/h3-18,20,29H,19H2,1-2H3,(H,33,34). The lowest BCUT2D eigenvalue weighted by molar-refractivity contribution is 0.0685. The molecule has 1 unspecified atom stereocenters. The molecule has 0 aromatic heterocycles. The number of nitrogens with one attached hydrogen (secondary N) is 1. The molecule has 202 valence electrons. The van der Waals surface area contributed by atoms with E-state index in [-0.39, 0.29) is 12.7 Å². The van der Waals surface area contributed by atoms with Gasteiger partial charge in [-0.25, -0.2) is 4.79 Å². The van der Waals surface area contributed by atoms with Crippen molar-refractivity contribution in [3.8, 4) is 34.5 Å². The van der Waals surface area contributed by atoms with Gasteiger partial charge in [0.1, 0.15) is 41.1 Å². The third-order valence-electron chi connectivity index (χ3n) is 5.05. The first kappa shape index (κ1) is 28.0. The van der Waals surface area contributed by atoms with Crippen LogP contribution in [0.25, 0.3) is 0 Å². The number of alkyl carbamates (subject to hydrolysis) is 1. The molecule has 4 rings (SSSR count). The van der Waals surface area contributed by atoms with E-state index in [0.29, 0.717) is 44.5 Å². The molecule has 0 heterocycles. The molecule has 0 bridgehead atoms. The first-order chi connectivity index (χ1) is 18.8. The van der Waals surface area contributed by atoms with E-state index < -0.39 is 12.3 Å². The fourth-order valence-corrected chi connectivity index (χ4v) is 3.54. The molecular weight excluding hydrogens is 541 g/mol. The second-order valence-corrected chi connectivity index (χ2v) is 9.44. The number of carbonyl (C=O) groups is 1. The summed E-state index contributed by atoms with van der Waals surface area (Å²) in [5, 5.41) is 3.95. The third-order valence-corrected chi connectivity index (χ3v) is 5.55. The molecule has 1 amide bonds.